The number of pyridine rings is 1. The Morgan fingerprint density at radius 1 is 1.16 bits per heavy atom. The molecule has 0 radical (unpaired) electrons. The van der Waals surface area contributed by atoms with Crippen LogP contribution in [0.1, 0.15) is 0 Å². The van der Waals surface area contributed by atoms with Crippen LogP contribution in [-0.2, 0) is 4.79 Å². The number of nitrogens with zero attached hydrogens (tertiary/aromatic N) is 3. The van der Waals surface area contributed by atoms with E-state index in [2.05, 4.69) is 10.3 Å². The smallest absolute Gasteiger partial charge is 0.287 e. The highest BCUT2D eigenvalue weighted by molar-refractivity contribution is 6.03. The number of carbonyl (C=O) groups excluding carboxylic acids is 1. The zero-order chi connectivity index (χ0) is 17.8. The van der Waals surface area contributed by atoms with Gasteiger partial charge in [0, 0.05) is 24.2 Å². The monoisotopic (exact) mass is 336 g/mol. The third-order valence-corrected chi connectivity index (χ3v) is 3.78. The summed E-state index contributed by atoms with van der Waals surface area (Å²) in [5, 5.41) is 15.6. The van der Waals surface area contributed by atoms with E-state index in [0.29, 0.717) is 5.82 Å². The third kappa shape index (κ3) is 3.72. The zero-order valence-corrected chi connectivity index (χ0v) is 13.5. The Morgan fingerprint density at radius 3 is 2.64 bits per heavy atom. The Morgan fingerprint density at radius 2 is 1.92 bits per heavy atom. The molecule has 0 unspecified atom stereocenters. The Kier molecular flexibility index (Phi) is 4.56. The third-order valence-electron chi connectivity index (χ3n) is 3.78. The van der Waals surface area contributed by atoms with Crippen LogP contribution in [0.25, 0.3) is 10.8 Å². The van der Waals surface area contributed by atoms with Crippen molar-refractivity contribution in [2.45, 2.75) is 0 Å². The molecule has 1 amide bonds. The van der Waals surface area contributed by atoms with E-state index in [-0.39, 0.29) is 18.1 Å². The number of anilines is 2. The van der Waals surface area contributed by atoms with Gasteiger partial charge in [-0.25, -0.2) is 4.98 Å². The average molecular weight is 336 g/mol. The Labute approximate surface area is 144 Å². The number of hydrogen-bond acceptors (Lipinski definition) is 5. The largest absolute Gasteiger partial charge is 0.350 e. The first-order valence-electron chi connectivity index (χ1n) is 7.64. The summed E-state index contributed by atoms with van der Waals surface area (Å²) in [6.45, 7) is 0.0774. The van der Waals surface area contributed by atoms with Crippen LogP contribution < -0.4 is 10.2 Å². The van der Waals surface area contributed by atoms with Crippen molar-refractivity contribution in [2.75, 3.05) is 23.8 Å². The number of benzene rings is 2. The van der Waals surface area contributed by atoms with Gasteiger partial charge in [0.25, 0.3) is 5.69 Å². The molecule has 0 aliphatic carbocycles. The maximum atomic E-state index is 12.3. The number of likely N-dealkylation sites (N-methyl/N-ethyl adjacent to an activating group) is 1. The number of nitrogens with one attached hydrogen (secondary N) is 1. The molecule has 1 N–H and O–H groups in total. The van der Waals surface area contributed by atoms with E-state index in [1.54, 1.807) is 11.9 Å². The molecule has 0 saturated heterocycles. The molecule has 3 rings (SSSR count). The minimum Gasteiger partial charge on any atom is -0.350 e. The van der Waals surface area contributed by atoms with Gasteiger partial charge in [0.15, 0.2) is 0 Å². The topological polar surface area (TPSA) is 88.4 Å². The fourth-order valence-electron chi connectivity index (χ4n) is 2.53. The SMILES string of the molecule is CN(CC(=O)Nc1cccc2ccccc12)c1ccc([N+](=O)[O-])cn1. The van der Waals surface area contributed by atoms with E-state index in [1.165, 1.54) is 18.3 Å². The first kappa shape index (κ1) is 16.4. The van der Waals surface area contributed by atoms with Gasteiger partial charge in [-0.15, -0.1) is 0 Å². The van der Waals surface area contributed by atoms with Crippen LogP contribution >= 0.6 is 0 Å². The zero-order valence-electron chi connectivity index (χ0n) is 13.5. The fourth-order valence-corrected chi connectivity index (χ4v) is 2.53. The van der Waals surface area contributed by atoms with Gasteiger partial charge in [0.2, 0.25) is 5.91 Å². The van der Waals surface area contributed by atoms with Crippen molar-refractivity contribution in [3.63, 3.8) is 0 Å². The number of hydrogen-bond donors (Lipinski definition) is 1. The molecule has 7 nitrogen and oxygen atoms in total. The second kappa shape index (κ2) is 6.96. The summed E-state index contributed by atoms with van der Waals surface area (Å²) in [4.78, 5) is 28.1. The predicted octanol–water partition coefficient (Wildman–Crippen LogP) is 3.22. The maximum Gasteiger partial charge on any atom is 0.287 e. The van der Waals surface area contributed by atoms with E-state index in [4.69, 9.17) is 0 Å². The molecule has 1 heterocycles. The lowest BCUT2D eigenvalue weighted by molar-refractivity contribution is -0.385. The molecular weight excluding hydrogens is 320 g/mol. The van der Waals surface area contributed by atoms with E-state index in [0.717, 1.165) is 16.5 Å². The highest BCUT2D eigenvalue weighted by Gasteiger charge is 2.12. The van der Waals surface area contributed by atoms with E-state index in [1.807, 2.05) is 42.5 Å². The molecule has 0 spiro atoms. The van der Waals surface area contributed by atoms with E-state index >= 15 is 0 Å². The normalized spacial score (nSPS) is 10.4. The Hall–Kier alpha value is -3.48. The Balaban J connectivity index is 1.70. The van der Waals surface area contributed by atoms with Gasteiger partial charge in [0.05, 0.1) is 11.5 Å². The van der Waals surface area contributed by atoms with Gasteiger partial charge in [0.1, 0.15) is 12.0 Å². The predicted molar refractivity (Wildman–Crippen MR) is 96.7 cm³/mol. The van der Waals surface area contributed by atoms with Crippen molar-refractivity contribution in [1.82, 2.24) is 4.98 Å². The lowest BCUT2D eigenvalue weighted by Gasteiger charge is -2.17. The second-order valence-corrected chi connectivity index (χ2v) is 5.56. The molecule has 0 bridgehead atoms. The number of carbonyl (C=O) groups is 1. The lowest BCUT2D eigenvalue weighted by Crippen LogP contribution is -2.30. The van der Waals surface area contributed by atoms with Crippen molar-refractivity contribution in [1.29, 1.82) is 0 Å². The Bertz CT molecular complexity index is 920. The van der Waals surface area contributed by atoms with Crippen LogP contribution in [0.5, 0.6) is 0 Å². The molecule has 7 heteroatoms. The lowest BCUT2D eigenvalue weighted by atomic mass is 10.1. The first-order valence-corrected chi connectivity index (χ1v) is 7.64. The van der Waals surface area contributed by atoms with Gasteiger partial charge in [-0.05, 0) is 17.5 Å². The van der Waals surface area contributed by atoms with Crippen LogP contribution in [0.2, 0.25) is 0 Å². The molecule has 126 valence electrons. The van der Waals surface area contributed by atoms with Crippen molar-refractivity contribution in [2.24, 2.45) is 0 Å². The number of fused-ring (bicyclic) bond motifs is 1. The number of nitro groups is 1. The summed E-state index contributed by atoms with van der Waals surface area (Å²) >= 11 is 0. The molecule has 0 atom stereocenters. The summed E-state index contributed by atoms with van der Waals surface area (Å²) in [5.74, 6) is 0.290. The molecule has 0 aliphatic heterocycles. The summed E-state index contributed by atoms with van der Waals surface area (Å²) in [5.41, 5.74) is 0.658. The quantitative estimate of drug-likeness (QED) is 0.571. The number of amides is 1. The molecule has 3 aromatic rings. The fraction of sp³-hybridized carbons (Fsp3) is 0.111. The average Bonchev–Trinajstić information content (AvgIpc) is 2.62. The number of aromatic nitrogens is 1. The van der Waals surface area contributed by atoms with E-state index < -0.39 is 4.92 Å². The summed E-state index contributed by atoms with van der Waals surface area (Å²) in [6, 6.07) is 16.4. The summed E-state index contributed by atoms with van der Waals surface area (Å²) < 4.78 is 0. The minimum atomic E-state index is -0.510. The first-order chi connectivity index (χ1) is 12.0. The van der Waals surface area contributed by atoms with Gasteiger partial charge in [-0.2, -0.15) is 0 Å². The van der Waals surface area contributed by atoms with Crippen LogP contribution in [0.4, 0.5) is 17.2 Å². The standard InChI is InChI=1S/C18H16N4O3/c1-21(17-10-9-14(11-19-17)22(24)25)12-18(23)20-16-8-4-6-13-5-2-3-7-15(13)16/h2-11H,12H2,1H3,(H,20,23). The molecule has 2 aromatic carbocycles. The van der Waals surface area contributed by atoms with Crippen molar-refractivity contribution in [3.05, 3.63) is 70.9 Å². The second-order valence-electron chi connectivity index (χ2n) is 5.56. The molecule has 0 aliphatic rings. The molecule has 0 saturated carbocycles. The summed E-state index contributed by atoms with van der Waals surface area (Å²) in [7, 11) is 1.71. The van der Waals surface area contributed by atoms with Crippen molar-refractivity contribution in [3.8, 4) is 0 Å². The van der Waals surface area contributed by atoms with Gasteiger partial charge in [-0.1, -0.05) is 36.4 Å². The van der Waals surface area contributed by atoms with Gasteiger partial charge in [-0.3, -0.25) is 14.9 Å². The maximum absolute atomic E-state index is 12.3. The van der Waals surface area contributed by atoms with Gasteiger partial charge < -0.3 is 10.2 Å². The van der Waals surface area contributed by atoms with Crippen LogP contribution in [-0.4, -0.2) is 29.4 Å². The van der Waals surface area contributed by atoms with Crippen LogP contribution in [0, 0.1) is 10.1 Å². The van der Waals surface area contributed by atoms with Crippen LogP contribution in [0.3, 0.4) is 0 Å². The highest BCUT2D eigenvalue weighted by atomic mass is 16.6. The molecule has 1 aromatic heterocycles. The molecular formula is C18H16N4O3. The highest BCUT2D eigenvalue weighted by Crippen LogP contribution is 2.23. The van der Waals surface area contributed by atoms with Crippen LogP contribution in [0.15, 0.2) is 60.8 Å². The van der Waals surface area contributed by atoms with E-state index in [9.17, 15) is 14.9 Å². The van der Waals surface area contributed by atoms with Crippen molar-refractivity contribution >= 4 is 33.9 Å². The summed E-state index contributed by atoms with van der Waals surface area (Å²) in [6.07, 6.45) is 1.18. The molecule has 25 heavy (non-hydrogen) atoms. The number of rotatable bonds is 5. The minimum absolute atomic E-state index is 0.0774. The van der Waals surface area contributed by atoms with Crippen molar-refractivity contribution < 1.29 is 9.72 Å². The molecule has 0 fully saturated rings. The van der Waals surface area contributed by atoms with Gasteiger partial charge >= 0.3 is 0 Å².